The van der Waals surface area contributed by atoms with Gasteiger partial charge >= 0.3 is 5.97 Å². The highest BCUT2D eigenvalue weighted by atomic mass is 19.1. The minimum absolute atomic E-state index is 0.119. The molecule has 0 amide bonds. The molecule has 2 heterocycles. The van der Waals surface area contributed by atoms with Crippen LogP contribution in [0, 0.1) is 11.7 Å². The maximum absolute atomic E-state index is 13.3. The normalized spacial score (nSPS) is 17.0. The standard InChI is InChI=1S/C39H42FNO5/c1-25-6-4-5-7-28(11-8-25)32(22-27-16-19-41(2)20-17-27)35-36-34(39(43)44-3)24-46-38(36)31-15-14-30(23-33(31)37(35)42)45-21-18-26-9-12-29(40)13-10-26/h5,7-15,23-24,27,32,42H,4,6,16-22H2,1-3H3. The first-order chi connectivity index (χ1) is 22.3. The van der Waals surface area contributed by atoms with Gasteiger partial charge in [-0.25, -0.2) is 9.18 Å². The number of methoxy groups -OCH3 is 1. The number of likely N-dealkylation sites (tertiary alicyclic amines) is 1. The van der Waals surface area contributed by atoms with Gasteiger partial charge in [0, 0.05) is 34.1 Å². The number of phenolic OH excluding ortho intramolecular Hbond substituents is 1. The number of carbonyl (C=O) groups is 1. The molecule has 0 spiro atoms. The molecule has 1 aliphatic heterocycles. The number of rotatable bonds is 9. The summed E-state index contributed by atoms with van der Waals surface area (Å²) in [4.78, 5) is 15.5. The van der Waals surface area contributed by atoms with Crippen LogP contribution in [-0.4, -0.2) is 49.8 Å². The lowest BCUT2D eigenvalue weighted by Gasteiger charge is -2.32. The van der Waals surface area contributed by atoms with Crippen LogP contribution in [0.1, 0.15) is 66.4 Å². The minimum Gasteiger partial charge on any atom is -0.507 e. The van der Waals surface area contributed by atoms with Crippen LogP contribution in [0.15, 0.2) is 88.6 Å². The summed E-state index contributed by atoms with van der Waals surface area (Å²) in [5.41, 5.74) is 4.89. The third-order valence-corrected chi connectivity index (χ3v) is 9.52. The molecular formula is C39H42FNO5. The zero-order valence-corrected chi connectivity index (χ0v) is 26.9. The quantitative estimate of drug-likeness (QED) is 0.188. The predicted octanol–water partition coefficient (Wildman–Crippen LogP) is 8.88. The lowest BCUT2D eigenvalue weighted by atomic mass is 9.77. The first-order valence-electron chi connectivity index (χ1n) is 16.2. The van der Waals surface area contributed by atoms with Gasteiger partial charge in [0.05, 0.1) is 13.7 Å². The summed E-state index contributed by atoms with van der Waals surface area (Å²) in [7, 11) is 3.52. The van der Waals surface area contributed by atoms with Gasteiger partial charge in [0.2, 0.25) is 0 Å². The summed E-state index contributed by atoms with van der Waals surface area (Å²) in [6.07, 6.45) is 15.7. The van der Waals surface area contributed by atoms with Gasteiger partial charge in [0.25, 0.3) is 0 Å². The molecule has 1 aliphatic carbocycles. The first kappa shape index (κ1) is 31.6. The fourth-order valence-corrected chi connectivity index (χ4v) is 6.82. The van der Waals surface area contributed by atoms with E-state index in [2.05, 4.69) is 43.2 Å². The highest BCUT2D eigenvalue weighted by Gasteiger charge is 2.32. The van der Waals surface area contributed by atoms with E-state index >= 15 is 0 Å². The van der Waals surface area contributed by atoms with Crippen LogP contribution in [0.2, 0.25) is 0 Å². The van der Waals surface area contributed by atoms with Crippen molar-refractivity contribution in [3.8, 4) is 11.5 Å². The zero-order valence-electron chi connectivity index (χ0n) is 26.9. The molecule has 0 saturated carbocycles. The largest absolute Gasteiger partial charge is 0.507 e. The van der Waals surface area contributed by atoms with Crippen molar-refractivity contribution in [2.75, 3.05) is 33.9 Å². The summed E-state index contributed by atoms with van der Waals surface area (Å²) in [6, 6.07) is 12.0. The van der Waals surface area contributed by atoms with Crippen molar-refractivity contribution < 1.29 is 28.2 Å². The topological polar surface area (TPSA) is 72.1 Å². The average molecular weight is 624 g/mol. The molecule has 1 N–H and O–H groups in total. The fourth-order valence-electron chi connectivity index (χ4n) is 6.82. The number of benzene rings is 3. The molecule has 46 heavy (non-hydrogen) atoms. The molecule has 4 aromatic rings. The molecule has 1 fully saturated rings. The SMILES string of the molecule is COC(=O)c1coc2c1c(C(CC1CCN(C)CC1)C1=CC=C(C)CCC=C1)c(O)c1cc(OCCc3ccc(F)cc3)ccc12. The Balaban J connectivity index is 1.48. The summed E-state index contributed by atoms with van der Waals surface area (Å²) in [5, 5.41) is 14.2. The maximum Gasteiger partial charge on any atom is 0.341 e. The Kier molecular flexibility index (Phi) is 9.59. The van der Waals surface area contributed by atoms with Gasteiger partial charge in [-0.2, -0.15) is 0 Å². The van der Waals surface area contributed by atoms with Crippen LogP contribution in [0.5, 0.6) is 11.5 Å². The van der Waals surface area contributed by atoms with Crippen molar-refractivity contribution >= 4 is 27.7 Å². The number of ether oxygens (including phenoxy) is 2. The number of phenols is 1. The number of carbonyl (C=O) groups excluding carboxylic acids is 1. The molecular weight excluding hydrogens is 581 g/mol. The molecule has 1 aromatic heterocycles. The number of allylic oxidation sites excluding steroid dienone is 6. The number of nitrogens with zero attached hydrogens (tertiary/aromatic N) is 1. The van der Waals surface area contributed by atoms with Crippen molar-refractivity contribution in [3.63, 3.8) is 0 Å². The van der Waals surface area contributed by atoms with Crippen LogP contribution >= 0.6 is 0 Å². The second-order valence-electron chi connectivity index (χ2n) is 12.7. The van der Waals surface area contributed by atoms with E-state index in [0.717, 1.165) is 56.3 Å². The van der Waals surface area contributed by atoms with Crippen LogP contribution in [0.4, 0.5) is 4.39 Å². The molecule has 240 valence electrons. The second kappa shape index (κ2) is 14.0. The van der Waals surface area contributed by atoms with Crippen molar-refractivity contribution in [2.45, 2.75) is 51.4 Å². The summed E-state index contributed by atoms with van der Waals surface area (Å²) < 4.78 is 30.8. The van der Waals surface area contributed by atoms with Crippen molar-refractivity contribution in [1.82, 2.24) is 4.90 Å². The second-order valence-corrected chi connectivity index (χ2v) is 12.7. The first-order valence-corrected chi connectivity index (χ1v) is 16.2. The van der Waals surface area contributed by atoms with Gasteiger partial charge < -0.3 is 23.9 Å². The molecule has 7 heteroatoms. The molecule has 6 rings (SSSR count). The number of hydrogen-bond donors (Lipinski definition) is 1. The molecule has 3 aromatic carbocycles. The van der Waals surface area contributed by atoms with E-state index in [-0.39, 0.29) is 17.5 Å². The van der Waals surface area contributed by atoms with E-state index in [1.807, 2.05) is 18.2 Å². The monoisotopic (exact) mass is 623 g/mol. The zero-order chi connectivity index (χ0) is 32.2. The van der Waals surface area contributed by atoms with Gasteiger partial charge in [-0.1, -0.05) is 42.0 Å². The highest BCUT2D eigenvalue weighted by Crippen LogP contribution is 2.49. The van der Waals surface area contributed by atoms with Gasteiger partial charge in [-0.3, -0.25) is 0 Å². The van der Waals surface area contributed by atoms with Crippen LogP contribution in [0.25, 0.3) is 21.7 Å². The number of furan rings is 1. The van der Waals surface area contributed by atoms with Crippen molar-refractivity contribution in [3.05, 3.63) is 107 Å². The smallest absolute Gasteiger partial charge is 0.341 e. The average Bonchev–Trinajstić information content (AvgIpc) is 3.49. The lowest BCUT2D eigenvalue weighted by molar-refractivity contribution is 0.0602. The number of halogens is 1. The molecule has 6 nitrogen and oxygen atoms in total. The van der Waals surface area contributed by atoms with E-state index in [0.29, 0.717) is 57.6 Å². The van der Waals surface area contributed by atoms with E-state index in [1.54, 1.807) is 12.1 Å². The Bertz CT molecular complexity index is 1810. The Morgan fingerprint density at radius 3 is 2.65 bits per heavy atom. The molecule has 2 aliphatic rings. The molecule has 1 atom stereocenters. The van der Waals surface area contributed by atoms with Crippen LogP contribution in [0.3, 0.4) is 0 Å². The van der Waals surface area contributed by atoms with E-state index in [9.17, 15) is 14.3 Å². The van der Waals surface area contributed by atoms with E-state index in [1.165, 1.54) is 31.1 Å². The Morgan fingerprint density at radius 2 is 1.89 bits per heavy atom. The van der Waals surface area contributed by atoms with Crippen LogP contribution in [-0.2, 0) is 11.2 Å². The summed E-state index contributed by atoms with van der Waals surface area (Å²) in [5.74, 6) is 0.207. The van der Waals surface area contributed by atoms with Gasteiger partial charge in [-0.15, -0.1) is 0 Å². The van der Waals surface area contributed by atoms with Gasteiger partial charge in [-0.05, 0) is 107 Å². The molecule has 0 radical (unpaired) electrons. The number of aromatic hydroxyl groups is 1. The number of fused-ring (bicyclic) bond motifs is 3. The Morgan fingerprint density at radius 1 is 1.11 bits per heavy atom. The van der Waals surface area contributed by atoms with Gasteiger partial charge in [0.15, 0.2) is 0 Å². The Hall–Kier alpha value is -4.36. The molecule has 0 bridgehead atoms. The Labute approximate surface area is 269 Å². The fraction of sp³-hybridized carbons (Fsp3) is 0.359. The summed E-state index contributed by atoms with van der Waals surface area (Å²) in [6.45, 7) is 4.60. The van der Waals surface area contributed by atoms with E-state index in [4.69, 9.17) is 13.9 Å². The summed E-state index contributed by atoms with van der Waals surface area (Å²) >= 11 is 0. The highest BCUT2D eigenvalue weighted by molar-refractivity contribution is 6.16. The number of piperidine rings is 1. The number of hydrogen-bond acceptors (Lipinski definition) is 6. The van der Waals surface area contributed by atoms with Gasteiger partial charge in [0.1, 0.15) is 34.7 Å². The minimum atomic E-state index is -0.504. The predicted molar refractivity (Wildman–Crippen MR) is 180 cm³/mol. The maximum atomic E-state index is 13.3. The molecule has 1 saturated heterocycles. The van der Waals surface area contributed by atoms with Crippen molar-refractivity contribution in [2.24, 2.45) is 5.92 Å². The lowest BCUT2D eigenvalue weighted by Crippen LogP contribution is -2.31. The van der Waals surface area contributed by atoms with Crippen LogP contribution < -0.4 is 4.74 Å². The third-order valence-electron chi connectivity index (χ3n) is 9.52. The molecule has 1 unspecified atom stereocenters. The van der Waals surface area contributed by atoms with E-state index < -0.39 is 5.97 Å². The third kappa shape index (κ3) is 6.75. The number of esters is 1. The van der Waals surface area contributed by atoms with Crippen molar-refractivity contribution in [1.29, 1.82) is 0 Å².